The van der Waals surface area contributed by atoms with Gasteiger partial charge in [0.05, 0.1) is 12.0 Å². The molecule has 5 nitrogen and oxygen atoms in total. The van der Waals surface area contributed by atoms with Crippen LogP contribution in [0.3, 0.4) is 0 Å². The first-order chi connectivity index (χ1) is 10.7. The van der Waals surface area contributed by atoms with Crippen molar-refractivity contribution < 1.29 is 9.53 Å². The van der Waals surface area contributed by atoms with Gasteiger partial charge < -0.3 is 4.74 Å². The predicted octanol–water partition coefficient (Wildman–Crippen LogP) is 3.44. The van der Waals surface area contributed by atoms with Gasteiger partial charge in [0, 0.05) is 10.8 Å². The van der Waals surface area contributed by atoms with E-state index in [4.69, 9.17) is 4.74 Å². The topological polar surface area (TPSA) is 61.2 Å². The number of hydrogen-bond acceptors (Lipinski definition) is 5. The van der Waals surface area contributed by atoms with Crippen LogP contribution >= 0.6 is 11.3 Å². The molecule has 2 rings (SSSR count). The molecule has 23 heavy (non-hydrogen) atoms. The molecular weight excluding hydrogens is 312 g/mol. The molecule has 0 spiro atoms. The molecule has 0 aliphatic heterocycles. The zero-order chi connectivity index (χ0) is 17.4. The summed E-state index contributed by atoms with van der Waals surface area (Å²) in [5, 5.41) is 0.577. The minimum Gasteiger partial charge on any atom is -0.464 e. The maximum absolute atomic E-state index is 13.1. The Balaban J connectivity index is 2.79. The van der Waals surface area contributed by atoms with Crippen LogP contribution in [-0.4, -0.2) is 22.1 Å². The Morgan fingerprint density at radius 3 is 2.57 bits per heavy atom. The van der Waals surface area contributed by atoms with Crippen molar-refractivity contribution in [3.8, 4) is 0 Å². The van der Waals surface area contributed by atoms with E-state index in [1.54, 1.807) is 32.1 Å². The van der Waals surface area contributed by atoms with Crippen molar-refractivity contribution in [2.24, 2.45) is 0 Å². The lowest BCUT2D eigenvalue weighted by Crippen LogP contribution is -2.46. The van der Waals surface area contributed by atoms with Gasteiger partial charge in [-0.3, -0.25) is 9.36 Å². The van der Waals surface area contributed by atoms with E-state index in [1.807, 2.05) is 19.9 Å². The van der Waals surface area contributed by atoms with Crippen LogP contribution in [0.1, 0.15) is 58.2 Å². The van der Waals surface area contributed by atoms with Crippen LogP contribution in [0.4, 0.5) is 0 Å². The molecule has 0 aliphatic rings. The molecule has 0 amide bonds. The maximum atomic E-state index is 13.1. The number of ether oxygens (including phenoxy) is 1. The van der Waals surface area contributed by atoms with E-state index in [9.17, 15) is 9.59 Å². The van der Waals surface area contributed by atoms with Crippen LogP contribution in [0.2, 0.25) is 0 Å². The number of aromatic nitrogens is 2. The van der Waals surface area contributed by atoms with E-state index in [1.165, 1.54) is 4.57 Å². The first kappa shape index (κ1) is 17.7. The Morgan fingerprint density at radius 1 is 1.39 bits per heavy atom. The van der Waals surface area contributed by atoms with E-state index in [0.29, 0.717) is 11.2 Å². The number of aryl methyl sites for hydroxylation is 1. The first-order valence-corrected chi connectivity index (χ1v) is 8.78. The Kier molecular flexibility index (Phi) is 4.94. The van der Waals surface area contributed by atoms with Crippen LogP contribution in [-0.2, 0) is 21.5 Å². The van der Waals surface area contributed by atoms with Gasteiger partial charge in [-0.15, -0.1) is 11.3 Å². The zero-order valence-corrected chi connectivity index (χ0v) is 15.4. The lowest BCUT2D eigenvalue weighted by atomic mass is 10.0. The van der Waals surface area contributed by atoms with E-state index >= 15 is 0 Å². The van der Waals surface area contributed by atoms with Gasteiger partial charge in [0.15, 0.2) is 0 Å². The molecule has 0 atom stereocenters. The van der Waals surface area contributed by atoms with Gasteiger partial charge in [-0.1, -0.05) is 20.8 Å². The highest BCUT2D eigenvalue weighted by Gasteiger charge is 2.36. The van der Waals surface area contributed by atoms with Crippen molar-refractivity contribution in [3.63, 3.8) is 0 Å². The van der Waals surface area contributed by atoms with Gasteiger partial charge in [0.25, 0.3) is 5.56 Å². The highest BCUT2D eigenvalue weighted by atomic mass is 32.1. The van der Waals surface area contributed by atoms with Crippen molar-refractivity contribution in [2.75, 3.05) is 6.61 Å². The van der Waals surface area contributed by atoms with E-state index in [-0.39, 0.29) is 18.1 Å². The van der Waals surface area contributed by atoms with Crippen LogP contribution in [0.25, 0.3) is 10.2 Å². The summed E-state index contributed by atoms with van der Waals surface area (Å²) in [5.41, 5.74) is -1.27. The molecule has 0 radical (unpaired) electrons. The highest BCUT2D eigenvalue weighted by molar-refractivity contribution is 7.18. The molecule has 0 N–H and O–H groups in total. The number of thiophene rings is 1. The SMILES string of the molecule is CCOC(=O)C(C)(C)n1c(C(C)C)nc2sc(CC)cc2c1=O. The standard InChI is InChI=1S/C17H24N2O3S/c1-7-11-9-12-14(23-11)18-13(10(3)4)19(15(12)20)17(5,6)16(21)22-8-2/h9-10H,7-8H2,1-6H3. The molecule has 2 aromatic rings. The number of rotatable bonds is 5. The number of nitrogens with zero attached hydrogens (tertiary/aromatic N) is 2. The third-order valence-electron chi connectivity index (χ3n) is 3.84. The van der Waals surface area contributed by atoms with E-state index in [0.717, 1.165) is 16.1 Å². The smallest absolute Gasteiger partial charge is 0.331 e. The van der Waals surface area contributed by atoms with Crippen molar-refractivity contribution >= 4 is 27.5 Å². The third-order valence-corrected chi connectivity index (χ3v) is 5.01. The number of carbonyl (C=O) groups is 1. The molecule has 0 unspecified atom stereocenters. The third kappa shape index (κ3) is 3.04. The van der Waals surface area contributed by atoms with Crippen molar-refractivity contribution in [2.45, 2.75) is 59.4 Å². The van der Waals surface area contributed by atoms with Crippen LogP contribution in [0.5, 0.6) is 0 Å². The second-order valence-corrected chi connectivity index (χ2v) is 7.45. The number of esters is 1. The summed E-state index contributed by atoms with van der Waals surface area (Å²) in [6.45, 7) is 11.4. The summed E-state index contributed by atoms with van der Waals surface area (Å²) in [6.07, 6.45) is 0.860. The van der Waals surface area contributed by atoms with Crippen LogP contribution in [0.15, 0.2) is 10.9 Å². The van der Waals surface area contributed by atoms with Gasteiger partial charge in [0.1, 0.15) is 16.2 Å². The van der Waals surface area contributed by atoms with Crippen molar-refractivity contribution in [1.82, 2.24) is 9.55 Å². The van der Waals surface area contributed by atoms with Gasteiger partial charge in [-0.25, -0.2) is 9.78 Å². The predicted molar refractivity (Wildman–Crippen MR) is 93.3 cm³/mol. The summed E-state index contributed by atoms with van der Waals surface area (Å²) in [7, 11) is 0. The Morgan fingerprint density at radius 2 is 2.04 bits per heavy atom. The van der Waals surface area contributed by atoms with Crippen molar-refractivity contribution in [1.29, 1.82) is 0 Å². The zero-order valence-electron chi connectivity index (χ0n) is 14.6. The molecule has 2 heterocycles. The average molecular weight is 336 g/mol. The summed E-state index contributed by atoms with van der Waals surface area (Å²) >= 11 is 1.54. The molecule has 0 bridgehead atoms. The summed E-state index contributed by atoms with van der Waals surface area (Å²) < 4.78 is 6.67. The maximum Gasteiger partial charge on any atom is 0.331 e. The molecule has 0 aromatic carbocycles. The fourth-order valence-corrected chi connectivity index (χ4v) is 3.51. The molecule has 0 saturated carbocycles. The molecule has 126 valence electrons. The first-order valence-electron chi connectivity index (χ1n) is 7.97. The van der Waals surface area contributed by atoms with Gasteiger partial charge in [-0.05, 0) is 33.3 Å². The van der Waals surface area contributed by atoms with Gasteiger partial charge >= 0.3 is 5.97 Å². The summed E-state index contributed by atoms with van der Waals surface area (Å²) in [4.78, 5) is 32.0. The van der Waals surface area contributed by atoms with Gasteiger partial charge in [0.2, 0.25) is 0 Å². The summed E-state index contributed by atoms with van der Waals surface area (Å²) in [6, 6.07) is 1.89. The van der Waals surface area contributed by atoms with Gasteiger partial charge in [-0.2, -0.15) is 0 Å². The lowest BCUT2D eigenvalue weighted by Gasteiger charge is -2.28. The monoisotopic (exact) mass is 336 g/mol. The van der Waals surface area contributed by atoms with Crippen LogP contribution in [0, 0.1) is 0 Å². The number of fused-ring (bicyclic) bond motifs is 1. The molecule has 0 aliphatic carbocycles. The lowest BCUT2D eigenvalue weighted by molar-refractivity contribution is -0.152. The average Bonchev–Trinajstić information content (AvgIpc) is 2.90. The fraction of sp³-hybridized carbons (Fsp3) is 0.588. The molecule has 0 saturated heterocycles. The largest absolute Gasteiger partial charge is 0.464 e. The molecular formula is C17H24N2O3S. The highest BCUT2D eigenvalue weighted by Crippen LogP contribution is 2.27. The number of carbonyl (C=O) groups excluding carboxylic acids is 1. The molecule has 6 heteroatoms. The van der Waals surface area contributed by atoms with E-state index < -0.39 is 11.5 Å². The molecule has 0 fully saturated rings. The Bertz CT molecular complexity index is 787. The second kappa shape index (κ2) is 6.43. The second-order valence-electron chi connectivity index (χ2n) is 6.33. The Hall–Kier alpha value is -1.69. The van der Waals surface area contributed by atoms with Crippen molar-refractivity contribution in [3.05, 3.63) is 27.1 Å². The van der Waals surface area contributed by atoms with Crippen LogP contribution < -0.4 is 5.56 Å². The minimum atomic E-state index is -1.10. The Labute approximate surface area is 140 Å². The number of hydrogen-bond donors (Lipinski definition) is 0. The molecule has 2 aromatic heterocycles. The minimum absolute atomic E-state index is 0.0213. The fourth-order valence-electron chi connectivity index (χ4n) is 2.55. The normalized spacial score (nSPS) is 12.1. The quantitative estimate of drug-likeness (QED) is 0.785. The van der Waals surface area contributed by atoms with E-state index in [2.05, 4.69) is 11.9 Å². The summed E-state index contributed by atoms with van der Waals surface area (Å²) in [5.74, 6) is 0.217.